The number of hydrogen-bond donors (Lipinski definition) is 2. The first-order chi connectivity index (χ1) is 9.65. The molecule has 2 aromatic carbocycles. The Morgan fingerprint density at radius 3 is 2.55 bits per heavy atom. The van der Waals surface area contributed by atoms with Crippen LogP contribution >= 0.6 is 11.6 Å². The van der Waals surface area contributed by atoms with E-state index in [2.05, 4.69) is 6.92 Å². The van der Waals surface area contributed by atoms with Crippen molar-refractivity contribution in [2.24, 2.45) is 5.92 Å². The van der Waals surface area contributed by atoms with Crippen LogP contribution in [-0.4, -0.2) is 18.2 Å². The van der Waals surface area contributed by atoms with E-state index >= 15 is 0 Å². The third-order valence-corrected chi connectivity index (χ3v) is 4.78. The van der Waals surface area contributed by atoms with Crippen LogP contribution in [0.5, 0.6) is 5.75 Å². The van der Waals surface area contributed by atoms with E-state index in [0.29, 0.717) is 5.75 Å². The molecule has 3 rings (SSSR count). The number of benzene rings is 2. The number of nitrogens with one attached hydrogen (secondary N) is 1. The summed E-state index contributed by atoms with van der Waals surface area (Å²) in [5, 5.41) is 13.0. The monoisotopic (exact) mass is 290 g/mol. The first kappa shape index (κ1) is 13.7. The van der Waals surface area contributed by atoms with Crippen LogP contribution in [0, 0.1) is 5.92 Å². The summed E-state index contributed by atoms with van der Waals surface area (Å²) in [6.07, 6.45) is 2.55. The van der Waals surface area contributed by atoms with E-state index in [1.54, 1.807) is 4.90 Å². The Balaban J connectivity index is 1.90. The van der Waals surface area contributed by atoms with E-state index in [0.717, 1.165) is 33.8 Å². The summed E-state index contributed by atoms with van der Waals surface area (Å²) in [6.45, 7) is 5.56. The summed E-state index contributed by atoms with van der Waals surface area (Å²) in [6, 6.07) is 9.72. The molecule has 2 N–H and O–H groups in total. The van der Waals surface area contributed by atoms with Gasteiger partial charge in [-0.3, -0.25) is 0 Å². The lowest BCUT2D eigenvalue weighted by atomic mass is 9.98. The van der Waals surface area contributed by atoms with Crippen molar-refractivity contribution in [1.82, 2.24) is 0 Å². The molecule has 0 amide bonds. The summed E-state index contributed by atoms with van der Waals surface area (Å²) in [5.41, 5.74) is 0.971. The maximum absolute atomic E-state index is 10.5. The lowest BCUT2D eigenvalue weighted by Gasteiger charge is -2.27. The topological polar surface area (TPSA) is 24.7 Å². The van der Waals surface area contributed by atoms with Crippen molar-refractivity contribution in [2.75, 3.05) is 13.1 Å². The van der Waals surface area contributed by atoms with E-state index in [1.165, 1.54) is 25.9 Å². The summed E-state index contributed by atoms with van der Waals surface area (Å²) in [4.78, 5) is 1.55. The quantitative estimate of drug-likeness (QED) is 0.873. The Morgan fingerprint density at radius 2 is 1.85 bits per heavy atom. The Morgan fingerprint density at radius 1 is 1.20 bits per heavy atom. The average molecular weight is 291 g/mol. The zero-order valence-corrected chi connectivity index (χ0v) is 12.6. The number of halogens is 1. The number of rotatable bonds is 2. The molecule has 0 bridgehead atoms. The molecule has 2 nitrogen and oxygen atoms in total. The highest BCUT2D eigenvalue weighted by Crippen LogP contribution is 2.33. The zero-order valence-electron chi connectivity index (χ0n) is 11.8. The minimum Gasteiger partial charge on any atom is -0.507 e. The maximum Gasteiger partial charge on any atom is 0.132 e. The van der Waals surface area contributed by atoms with Crippen LogP contribution < -0.4 is 4.90 Å². The van der Waals surface area contributed by atoms with Gasteiger partial charge in [0.25, 0.3) is 0 Å². The summed E-state index contributed by atoms with van der Waals surface area (Å²) in [7, 11) is 0. The molecule has 3 heteroatoms. The number of phenols is 1. The normalized spacial score (nSPS) is 23.1. The number of hydrogen-bond acceptors (Lipinski definition) is 1. The average Bonchev–Trinajstić information content (AvgIpc) is 2.47. The molecule has 0 saturated carbocycles. The molecule has 106 valence electrons. The second-order valence-corrected chi connectivity index (χ2v) is 6.43. The van der Waals surface area contributed by atoms with Crippen molar-refractivity contribution in [3.8, 4) is 5.75 Å². The highest BCUT2D eigenvalue weighted by Gasteiger charge is 2.21. The second kappa shape index (κ2) is 5.63. The first-order valence-corrected chi connectivity index (χ1v) is 7.75. The lowest BCUT2D eigenvalue weighted by molar-refractivity contribution is -0.919. The molecule has 0 radical (unpaired) electrons. The SMILES string of the molecule is CC1CC[NH+](Cc2cc(Cl)c3ccccc3c2O)CC1. The smallest absolute Gasteiger partial charge is 0.132 e. The van der Waals surface area contributed by atoms with Crippen molar-refractivity contribution in [3.63, 3.8) is 0 Å². The standard InChI is InChI=1S/C17H20ClNO/c1-12-6-8-19(9-7-12)11-13-10-16(18)14-4-2-3-5-15(14)17(13)20/h2-5,10,12,20H,6-9,11H2,1H3/p+1. The molecule has 20 heavy (non-hydrogen) atoms. The van der Waals surface area contributed by atoms with Crippen LogP contribution in [0.15, 0.2) is 30.3 Å². The van der Waals surface area contributed by atoms with Crippen molar-refractivity contribution >= 4 is 22.4 Å². The van der Waals surface area contributed by atoms with Gasteiger partial charge in [0.1, 0.15) is 12.3 Å². The molecule has 1 saturated heterocycles. The van der Waals surface area contributed by atoms with E-state index in [-0.39, 0.29) is 0 Å². The van der Waals surface area contributed by atoms with Crippen molar-refractivity contribution < 1.29 is 10.0 Å². The molecule has 0 atom stereocenters. The number of aromatic hydroxyl groups is 1. The van der Waals surface area contributed by atoms with E-state index in [1.807, 2.05) is 30.3 Å². The largest absolute Gasteiger partial charge is 0.507 e. The predicted molar refractivity (Wildman–Crippen MR) is 83.4 cm³/mol. The van der Waals surface area contributed by atoms with Crippen LogP contribution in [0.4, 0.5) is 0 Å². The molecule has 1 aliphatic rings. The first-order valence-electron chi connectivity index (χ1n) is 7.38. The van der Waals surface area contributed by atoms with Crippen LogP contribution in [0.25, 0.3) is 10.8 Å². The molecule has 2 aromatic rings. The number of piperidine rings is 1. The summed E-state index contributed by atoms with van der Waals surface area (Å²) < 4.78 is 0. The molecule has 0 aliphatic carbocycles. The second-order valence-electron chi connectivity index (χ2n) is 6.02. The van der Waals surface area contributed by atoms with Gasteiger partial charge in [-0.1, -0.05) is 42.8 Å². The lowest BCUT2D eigenvalue weighted by Crippen LogP contribution is -3.11. The van der Waals surface area contributed by atoms with Gasteiger partial charge in [0.15, 0.2) is 0 Å². The van der Waals surface area contributed by atoms with Gasteiger partial charge in [0, 0.05) is 15.8 Å². The molecule has 0 aromatic heterocycles. The molecule has 0 unspecified atom stereocenters. The van der Waals surface area contributed by atoms with Crippen molar-refractivity contribution in [2.45, 2.75) is 26.3 Å². The van der Waals surface area contributed by atoms with Gasteiger partial charge < -0.3 is 10.0 Å². The van der Waals surface area contributed by atoms with Gasteiger partial charge in [-0.25, -0.2) is 0 Å². The fourth-order valence-corrected chi connectivity index (χ4v) is 3.42. The highest BCUT2D eigenvalue weighted by molar-refractivity contribution is 6.35. The van der Waals surface area contributed by atoms with Gasteiger partial charge in [-0.15, -0.1) is 0 Å². The van der Waals surface area contributed by atoms with Crippen LogP contribution in [0.3, 0.4) is 0 Å². The number of phenolic OH excluding ortho intramolecular Hbond substituents is 1. The Hall–Kier alpha value is -1.25. The minimum atomic E-state index is 0.399. The molecular formula is C17H21ClNO+. The fourth-order valence-electron chi connectivity index (χ4n) is 3.12. The summed E-state index contributed by atoms with van der Waals surface area (Å²) >= 11 is 6.35. The van der Waals surface area contributed by atoms with E-state index in [4.69, 9.17) is 11.6 Å². The van der Waals surface area contributed by atoms with E-state index < -0.39 is 0 Å². The molecule has 1 heterocycles. The minimum absolute atomic E-state index is 0.399. The van der Waals surface area contributed by atoms with Gasteiger partial charge in [0.2, 0.25) is 0 Å². The number of quaternary nitrogens is 1. The van der Waals surface area contributed by atoms with Crippen molar-refractivity contribution in [1.29, 1.82) is 0 Å². The van der Waals surface area contributed by atoms with Crippen LogP contribution in [0.2, 0.25) is 5.02 Å². The zero-order chi connectivity index (χ0) is 14.1. The van der Waals surface area contributed by atoms with Crippen LogP contribution in [0.1, 0.15) is 25.3 Å². The molecule has 1 fully saturated rings. The Kier molecular flexibility index (Phi) is 3.86. The Bertz CT molecular complexity index is 618. The number of fused-ring (bicyclic) bond motifs is 1. The third-order valence-electron chi connectivity index (χ3n) is 4.47. The van der Waals surface area contributed by atoms with Crippen LogP contribution in [-0.2, 0) is 6.54 Å². The maximum atomic E-state index is 10.5. The van der Waals surface area contributed by atoms with Gasteiger partial charge in [0.05, 0.1) is 18.7 Å². The highest BCUT2D eigenvalue weighted by atomic mass is 35.5. The van der Waals surface area contributed by atoms with Gasteiger partial charge >= 0.3 is 0 Å². The fraction of sp³-hybridized carbons (Fsp3) is 0.412. The predicted octanol–water partition coefficient (Wildman–Crippen LogP) is 3.01. The Labute approximate surface area is 125 Å². The summed E-state index contributed by atoms with van der Waals surface area (Å²) in [5.74, 6) is 1.24. The molecule has 1 aliphatic heterocycles. The molecular weight excluding hydrogens is 270 g/mol. The van der Waals surface area contributed by atoms with E-state index in [9.17, 15) is 5.11 Å². The third kappa shape index (κ3) is 2.63. The van der Waals surface area contributed by atoms with Gasteiger partial charge in [-0.2, -0.15) is 0 Å². The van der Waals surface area contributed by atoms with Crippen molar-refractivity contribution in [3.05, 3.63) is 40.9 Å². The molecule has 0 spiro atoms. The van der Waals surface area contributed by atoms with Gasteiger partial charge in [-0.05, 0) is 24.8 Å². The number of likely N-dealkylation sites (tertiary alicyclic amines) is 1.